The summed E-state index contributed by atoms with van der Waals surface area (Å²) >= 11 is 0. The van der Waals surface area contributed by atoms with E-state index in [1.807, 2.05) is 0 Å². The second-order valence-corrected chi connectivity index (χ2v) is 8.37. The lowest BCUT2D eigenvalue weighted by Gasteiger charge is -2.26. The lowest BCUT2D eigenvalue weighted by molar-refractivity contribution is -0.729. The predicted molar refractivity (Wildman–Crippen MR) is 91.3 cm³/mol. The van der Waals surface area contributed by atoms with Crippen LogP contribution in [0.1, 0.15) is 16.1 Å². The highest BCUT2D eigenvalue weighted by molar-refractivity contribution is 7.90. The van der Waals surface area contributed by atoms with Crippen LogP contribution in [0.3, 0.4) is 0 Å². The zero-order chi connectivity index (χ0) is 19.3. The molecular weight excluding hydrogens is 376 g/mol. The highest BCUT2D eigenvalue weighted by Gasteiger charge is 2.37. The monoisotopic (exact) mass is 393 g/mol. The number of hydrogen-bond acceptors (Lipinski definition) is 6. The molecule has 0 spiro atoms. The van der Waals surface area contributed by atoms with Crippen LogP contribution in [0.15, 0.2) is 23.1 Å². The van der Waals surface area contributed by atoms with Gasteiger partial charge in [0.25, 0.3) is 10.8 Å². The van der Waals surface area contributed by atoms with Gasteiger partial charge in [0.05, 0.1) is 34.5 Å². The fraction of sp³-hybridized carbons (Fsp3) is 0.375. The van der Waals surface area contributed by atoms with Crippen LogP contribution >= 0.6 is 0 Å². The third kappa shape index (κ3) is 2.79. The number of ether oxygens (including phenoxy) is 1. The van der Waals surface area contributed by atoms with Gasteiger partial charge in [-0.15, -0.1) is 0 Å². The third-order valence-electron chi connectivity index (χ3n) is 4.75. The van der Waals surface area contributed by atoms with E-state index in [0.717, 1.165) is 0 Å². The van der Waals surface area contributed by atoms with Gasteiger partial charge in [-0.2, -0.15) is 5.10 Å². The van der Waals surface area contributed by atoms with Crippen molar-refractivity contribution in [3.8, 4) is 11.3 Å². The molecule has 0 bridgehead atoms. The number of benzene rings is 1. The molecule has 11 heteroatoms. The average Bonchev–Trinajstić information content (AvgIpc) is 2.97. The molecule has 0 unspecified atom stereocenters. The molecule has 1 fully saturated rings. The van der Waals surface area contributed by atoms with Gasteiger partial charge in [0.2, 0.25) is 0 Å². The minimum Gasteiger partial charge on any atom is -0.378 e. The summed E-state index contributed by atoms with van der Waals surface area (Å²) < 4.78 is 32.2. The van der Waals surface area contributed by atoms with Crippen molar-refractivity contribution in [1.82, 2.24) is 14.7 Å². The summed E-state index contributed by atoms with van der Waals surface area (Å²) in [7, 11) is -2.11. The van der Waals surface area contributed by atoms with Gasteiger partial charge in [-0.1, -0.05) is 0 Å². The first-order valence-corrected chi connectivity index (χ1v) is 9.91. The number of fused-ring (bicyclic) bond motifs is 3. The lowest BCUT2D eigenvalue weighted by Crippen LogP contribution is -2.41. The number of nitrogens with zero attached hydrogens (tertiary/aromatic N) is 4. The molecule has 2 aromatic rings. The normalized spacial score (nSPS) is 17.9. The van der Waals surface area contributed by atoms with Crippen LogP contribution in [-0.2, 0) is 27.4 Å². The molecule has 0 aliphatic carbocycles. The van der Waals surface area contributed by atoms with Crippen LogP contribution in [0, 0.1) is 4.91 Å². The van der Waals surface area contributed by atoms with Crippen LogP contribution in [0.5, 0.6) is 0 Å². The molecule has 0 radical (unpaired) electrons. The van der Waals surface area contributed by atoms with E-state index in [-0.39, 0.29) is 38.4 Å². The number of carbonyl (C=O) groups excluding carboxylic acids is 1. The SMILES string of the molecule is Cn1nc(C(=O)N2CCOCC2)c2c1-c1cc([N+](=O)O)ccc1S(=O)(=O)C2. The molecule has 1 aromatic carbocycles. The Bertz CT molecular complexity index is 1070. The summed E-state index contributed by atoms with van der Waals surface area (Å²) in [5, 5.41) is 13.4. The van der Waals surface area contributed by atoms with E-state index in [1.54, 1.807) is 11.9 Å². The van der Waals surface area contributed by atoms with Crippen molar-refractivity contribution in [2.24, 2.45) is 7.05 Å². The minimum atomic E-state index is -3.72. The minimum absolute atomic E-state index is 0.0361. The van der Waals surface area contributed by atoms with E-state index >= 15 is 0 Å². The molecule has 1 amide bonds. The van der Waals surface area contributed by atoms with Gasteiger partial charge in [0.15, 0.2) is 15.5 Å². The molecule has 2 aliphatic heterocycles. The Morgan fingerprint density at radius 3 is 2.67 bits per heavy atom. The van der Waals surface area contributed by atoms with Gasteiger partial charge in [0.1, 0.15) is 0 Å². The van der Waals surface area contributed by atoms with Crippen LogP contribution in [0.2, 0.25) is 0 Å². The second-order valence-electron chi connectivity index (χ2n) is 6.42. The molecule has 1 N–H and O–H groups in total. The number of aryl methyl sites for hydroxylation is 1. The highest BCUT2D eigenvalue weighted by Crippen LogP contribution is 2.40. The Labute approximate surface area is 154 Å². The first-order valence-electron chi connectivity index (χ1n) is 8.26. The summed E-state index contributed by atoms with van der Waals surface area (Å²) in [6.45, 7) is 1.66. The molecule has 10 nitrogen and oxygen atoms in total. The zero-order valence-electron chi connectivity index (χ0n) is 14.5. The molecule has 0 atom stereocenters. The predicted octanol–water partition coefficient (Wildman–Crippen LogP) is 0.646. The highest BCUT2D eigenvalue weighted by atomic mass is 32.2. The second kappa shape index (κ2) is 6.13. The first kappa shape index (κ1) is 17.6. The van der Waals surface area contributed by atoms with Gasteiger partial charge >= 0.3 is 5.69 Å². The maximum Gasteiger partial charge on any atom is 0.317 e. The Kier molecular flexibility index (Phi) is 4.00. The smallest absolute Gasteiger partial charge is 0.317 e. The molecule has 4 rings (SSSR count). The number of amides is 1. The van der Waals surface area contributed by atoms with Gasteiger partial charge in [-0.05, 0) is 6.07 Å². The lowest BCUT2D eigenvalue weighted by atomic mass is 10.0. The number of aromatic nitrogens is 2. The number of rotatable bonds is 2. The Morgan fingerprint density at radius 1 is 1.30 bits per heavy atom. The van der Waals surface area contributed by atoms with Crippen molar-refractivity contribution in [2.45, 2.75) is 10.6 Å². The summed E-state index contributed by atoms with van der Waals surface area (Å²) in [5.41, 5.74) is 0.949. The van der Waals surface area contributed by atoms with Gasteiger partial charge in [-0.25, -0.2) is 13.6 Å². The molecule has 3 heterocycles. The molecule has 0 saturated carbocycles. The first-order chi connectivity index (χ1) is 12.8. The van der Waals surface area contributed by atoms with Gasteiger partial charge in [-0.3, -0.25) is 9.48 Å². The molecule has 1 aromatic heterocycles. The van der Waals surface area contributed by atoms with Crippen LogP contribution in [0.4, 0.5) is 5.69 Å². The third-order valence-corrected chi connectivity index (χ3v) is 6.45. The Morgan fingerprint density at radius 2 is 2.00 bits per heavy atom. The summed E-state index contributed by atoms with van der Waals surface area (Å²) in [6, 6.07) is 3.79. The summed E-state index contributed by atoms with van der Waals surface area (Å²) in [5.74, 6) is -0.703. The Balaban J connectivity index is 1.89. The molecule has 1 saturated heterocycles. The standard InChI is InChI=1S/C16H17N4O6S/c1-18-15-11-8-10(20(22)23)2-3-13(11)27(24,25)9-12(15)14(17-18)16(21)19-4-6-26-7-5-19/h2-3,8H,4-7,9H2,1H3,(H,22,23)/q+1. The van der Waals surface area contributed by atoms with Crippen molar-refractivity contribution in [3.63, 3.8) is 0 Å². The number of hydrogen-bond donors (Lipinski definition) is 1. The van der Waals surface area contributed by atoms with E-state index in [9.17, 15) is 18.1 Å². The Hall–Kier alpha value is -2.79. The fourth-order valence-corrected chi connectivity index (χ4v) is 5.07. The fourth-order valence-electron chi connectivity index (χ4n) is 3.49. The van der Waals surface area contributed by atoms with E-state index in [2.05, 4.69) is 5.10 Å². The molecule has 27 heavy (non-hydrogen) atoms. The van der Waals surface area contributed by atoms with Crippen LogP contribution in [-0.4, -0.2) is 65.4 Å². The zero-order valence-corrected chi connectivity index (χ0v) is 15.3. The van der Waals surface area contributed by atoms with E-state index in [0.29, 0.717) is 37.6 Å². The molecule has 142 valence electrons. The van der Waals surface area contributed by atoms with Gasteiger partial charge < -0.3 is 9.64 Å². The largest absolute Gasteiger partial charge is 0.378 e. The van der Waals surface area contributed by atoms with E-state index < -0.39 is 9.84 Å². The summed E-state index contributed by atoms with van der Waals surface area (Å²) in [6.07, 6.45) is 0. The number of morpholine rings is 1. The van der Waals surface area contributed by atoms with Crippen molar-refractivity contribution in [3.05, 3.63) is 34.4 Å². The quantitative estimate of drug-likeness (QED) is 0.743. The average molecular weight is 393 g/mol. The maximum absolute atomic E-state index is 12.9. The van der Waals surface area contributed by atoms with E-state index in [4.69, 9.17) is 9.94 Å². The van der Waals surface area contributed by atoms with E-state index in [1.165, 1.54) is 22.9 Å². The van der Waals surface area contributed by atoms with Crippen LogP contribution < -0.4 is 0 Å². The number of carbonyl (C=O) groups is 1. The number of sulfone groups is 1. The maximum atomic E-state index is 12.9. The molecular formula is C16H17N4O6S+. The summed E-state index contributed by atoms with van der Waals surface area (Å²) in [4.78, 5) is 25.4. The van der Waals surface area contributed by atoms with Crippen molar-refractivity contribution in [2.75, 3.05) is 26.3 Å². The van der Waals surface area contributed by atoms with Crippen LogP contribution in [0.25, 0.3) is 11.3 Å². The topological polar surface area (TPSA) is 122 Å². The van der Waals surface area contributed by atoms with Crippen molar-refractivity contribution < 1.29 is 28.1 Å². The van der Waals surface area contributed by atoms with Crippen molar-refractivity contribution in [1.29, 1.82) is 0 Å². The van der Waals surface area contributed by atoms with Gasteiger partial charge in [0, 0.05) is 43.4 Å². The molecule has 2 aliphatic rings. The van der Waals surface area contributed by atoms with Crippen molar-refractivity contribution >= 4 is 21.4 Å².